The number of hydrogen-bond acceptors (Lipinski definition) is 4. The minimum absolute atomic E-state index is 0.0107. The summed E-state index contributed by atoms with van der Waals surface area (Å²) in [5, 5.41) is 28.5. The Balaban J connectivity index is 1.92. The van der Waals surface area contributed by atoms with E-state index >= 15 is 0 Å². The maximum atomic E-state index is 10.4. The van der Waals surface area contributed by atoms with E-state index in [-0.39, 0.29) is 24.5 Å². The molecule has 0 aromatic carbocycles. The zero-order chi connectivity index (χ0) is 17.4. The predicted octanol–water partition coefficient (Wildman–Crippen LogP) is 1.53. The number of aliphatic hydroxyl groups excluding tert-OH is 1. The van der Waals surface area contributed by atoms with Gasteiger partial charge in [-0.3, -0.25) is 10.3 Å². The van der Waals surface area contributed by atoms with Crippen molar-refractivity contribution in [1.29, 1.82) is 0 Å². The summed E-state index contributed by atoms with van der Waals surface area (Å²) in [7, 11) is 0. The summed E-state index contributed by atoms with van der Waals surface area (Å²) in [5.74, 6) is 1.20. The van der Waals surface area contributed by atoms with Crippen LogP contribution >= 0.6 is 0 Å². The minimum atomic E-state index is -0.0939. The summed E-state index contributed by atoms with van der Waals surface area (Å²) in [6.45, 7) is 5.42. The van der Waals surface area contributed by atoms with Gasteiger partial charge in [-0.1, -0.05) is 29.6 Å². The van der Waals surface area contributed by atoms with E-state index in [9.17, 15) is 5.41 Å². The minimum Gasteiger partial charge on any atom is -0.467 e. The molecule has 1 unspecified atom stereocenters. The van der Waals surface area contributed by atoms with Crippen LogP contribution in [0.15, 0.2) is 28.8 Å². The zero-order valence-electron chi connectivity index (χ0n) is 14.8. The van der Waals surface area contributed by atoms with Crippen LogP contribution in [0, 0.1) is 5.92 Å². The summed E-state index contributed by atoms with van der Waals surface area (Å²) < 4.78 is 0. The molecule has 2 rings (SSSR count). The second-order valence-electron chi connectivity index (χ2n) is 6.60. The van der Waals surface area contributed by atoms with Gasteiger partial charge >= 0.3 is 0 Å². The molecule has 24 heavy (non-hydrogen) atoms. The quantitative estimate of drug-likeness (QED) is 0.223. The maximum Gasteiger partial charge on any atom is 0.0931 e. The number of nitrogens with zero attached hydrogens (tertiary/aromatic N) is 2. The Morgan fingerprint density at radius 1 is 1.46 bits per heavy atom. The lowest BCUT2D eigenvalue weighted by Gasteiger charge is -2.29. The van der Waals surface area contributed by atoms with Crippen LogP contribution in [0.5, 0.6) is 0 Å². The molecule has 0 aromatic heterocycles. The topological polar surface area (TPSA) is 91.0 Å². The molecule has 1 saturated carbocycles. The van der Waals surface area contributed by atoms with E-state index in [1.807, 2.05) is 6.92 Å². The van der Waals surface area contributed by atoms with Crippen molar-refractivity contribution in [3.05, 3.63) is 29.2 Å². The Bertz CT molecular complexity index is 508. The Hall–Kier alpha value is -1.50. The molecular formula is C18H30N5O-. The largest absolute Gasteiger partial charge is 0.467 e. The molecule has 6 nitrogen and oxygen atoms in total. The Morgan fingerprint density at radius 3 is 2.88 bits per heavy atom. The highest BCUT2D eigenvalue weighted by atomic mass is 16.3. The molecule has 4 N–H and O–H groups in total. The Labute approximate surface area is 145 Å². The van der Waals surface area contributed by atoms with Gasteiger partial charge in [0.25, 0.3) is 0 Å². The predicted molar refractivity (Wildman–Crippen MR) is 100 cm³/mol. The first kappa shape index (κ1) is 18.8. The van der Waals surface area contributed by atoms with E-state index in [2.05, 4.69) is 46.1 Å². The number of nitrogens with one attached hydrogen (secondary N) is 3. The molecule has 2 aliphatic rings. The molecule has 0 aromatic rings. The summed E-state index contributed by atoms with van der Waals surface area (Å²) in [5.41, 5.74) is 1.26. The number of amidine groups is 2. The first-order valence-electron chi connectivity index (χ1n) is 8.90. The molecule has 2 aliphatic carbocycles. The van der Waals surface area contributed by atoms with Crippen molar-refractivity contribution >= 4 is 11.7 Å². The van der Waals surface area contributed by atoms with E-state index in [1.54, 1.807) is 0 Å². The highest BCUT2D eigenvalue weighted by Crippen LogP contribution is 2.20. The number of aliphatic hydroxyl groups is 1. The van der Waals surface area contributed by atoms with Crippen molar-refractivity contribution in [3.63, 3.8) is 0 Å². The van der Waals surface area contributed by atoms with Crippen molar-refractivity contribution in [1.82, 2.24) is 16.0 Å². The van der Waals surface area contributed by atoms with Crippen molar-refractivity contribution in [2.45, 2.75) is 51.6 Å². The molecule has 0 saturated heterocycles. The summed E-state index contributed by atoms with van der Waals surface area (Å²) >= 11 is 0. The van der Waals surface area contributed by atoms with E-state index in [0.29, 0.717) is 12.6 Å². The molecule has 0 amide bonds. The highest BCUT2D eigenvalue weighted by molar-refractivity contribution is 6.06. The lowest BCUT2D eigenvalue weighted by atomic mass is 9.96. The van der Waals surface area contributed by atoms with Gasteiger partial charge in [0.2, 0.25) is 0 Å². The van der Waals surface area contributed by atoms with Gasteiger partial charge in [0.1, 0.15) is 0 Å². The summed E-state index contributed by atoms with van der Waals surface area (Å²) in [4.78, 5) is 4.66. The molecule has 1 fully saturated rings. The van der Waals surface area contributed by atoms with Crippen LogP contribution in [0.25, 0.3) is 5.41 Å². The van der Waals surface area contributed by atoms with Gasteiger partial charge in [0.15, 0.2) is 0 Å². The van der Waals surface area contributed by atoms with Gasteiger partial charge in [-0.05, 0) is 46.1 Å². The van der Waals surface area contributed by atoms with E-state index in [1.165, 1.54) is 18.4 Å². The molecular weight excluding hydrogens is 302 g/mol. The van der Waals surface area contributed by atoms with Crippen LogP contribution in [0.2, 0.25) is 0 Å². The average molecular weight is 332 g/mol. The summed E-state index contributed by atoms with van der Waals surface area (Å²) in [6.07, 6.45) is 10.5. The standard InChI is InChI=1S/C18H30N5O/c1-13-4-6-15(7-5-13)18(21-11-3-10-20-12-24)23-17(19)14(2)22-16-8-9-16/h4-6,14-16,20,22,24H,3,7-12H2,1-2H3,(H-,19,21,23)/q-1/t14-,15?/m1/s1. The Morgan fingerprint density at radius 2 is 2.25 bits per heavy atom. The van der Waals surface area contributed by atoms with Crippen molar-refractivity contribution in [2.24, 2.45) is 10.9 Å². The van der Waals surface area contributed by atoms with Gasteiger partial charge in [0, 0.05) is 30.4 Å². The number of aliphatic imine (C=N–C) groups is 1. The lowest BCUT2D eigenvalue weighted by molar-refractivity contribution is 0.261. The van der Waals surface area contributed by atoms with Gasteiger partial charge in [-0.25, -0.2) is 0 Å². The number of hydrogen-bond donors (Lipinski definition) is 4. The Kier molecular flexibility index (Phi) is 7.62. The third-order valence-corrected chi connectivity index (χ3v) is 4.27. The fourth-order valence-corrected chi connectivity index (χ4v) is 2.58. The van der Waals surface area contributed by atoms with Gasteiger partial charge in [0.05, 0.1) is 6.73 Å². The molecule has 0 spiro atoms. The van der Waals surface area contributed by atoms with Gasteiger partial charge < -0.3 is 21.1 Å². The first-order chi connectivity index (χ1) is 11.6. The molecule has 0 aliphatic heterocycles. The van der Waals surface area contributed by atoms with E-state index < -0.39 is 0 Å². The molecule has 0 radical (unpaired) electrons. The van der Waals surface area contributed by atoms with Crippen molar-refractivity contribution in [3.8, 4) is 0 Å². The van der Waals surface area contributed by atoms with Gasteiger partial charge in [-0.2, -0.15) is 0 Å². The van der Waals surface area contributed by atoms with Crippen LogP contribution in [-0.2, 0) is 0 Å². The number of allylic oxidation sites excluding steroid dienone is 3. The molecule has 6 heteroatoms. The zero-order valence-corrected chi connectivity index (χ0v) is 14.8. The van der Waals surface area contributed by atoms with Crippen LogP contribution < -0.4 is 16.0 Å². The maximum absolute atomic E-state index is 10.4. The lowest BCUT2D eigenvalue weighted by Crippen LogP contribution is -2.46. The SMILES string of the molecule is CC1=CCC(C(=NCCCNCO)NC(=[N-])[C@@H](C)NC2CC2)C=C1. The fraction of sp³-hybridized carbons (Fsp3) is 0.667. The highest BCUT2D eigenvalue weighted by Gasteiger charge is 2.23. The molecule has 2 atom stereocenters. The molecule has 0 bridgehead atoms. The van der Waals surface area contributed by atoms with Gasteiger partial charge in [-0.15, -0.1) is 0 Å². The average Bonchev–Trinajstić information content (AvgIpc) is 3.38. The van der Waals surface area contributed by atoms with E-state index in [0.717, 1.165) is 25.2 Å². The second kappa shape index (κ2) is 9.71. The van der Waals surface area contributed by atoms with Crippen molar-refractivity contribution in [2.75, 3.05) is 19.8 Å². The smallest absolute Gasteiger partial charge is 0.0931 e. The van der Waals surface area contributed by atoms with Crippen LogP contribution in [0.3, 0.4) is 0 Å². The summed E-state index contributed by atoms with van der Waals surface area (Å²) in [6, 6.07) is 0.442. The normalized spacial score (nSPS) is 22.2. The number of rotatable bonds is 9. The fourth-order valence-electron chi connectivity index (χ4n) is 2.58. The second-order valence-corrected chi connectivity index (χ2v) is 6.60. The first-order valence-corrected chi connectivity index (χ1v) is 8.90. The third kappa shape index (κ3) is 6.55. The molecule has 134 valence electrons. The third-order valence-electron chi connectivity index (χ3n) is 4.27. The molecule has 0 heterocycles. The van der Waals surface area contributed by atoms with Crippen LogP contribution in [-0.4, -0.2) is 48.7 Å². The van der Waals surface area contributed by atoms with Crippen molar-refractivity contribution < 1.29 is 5.11 Å². The van der Waals surface area contributed by atoms with Crippen LogP contribution in [0.1, 0.15) is 39.5 Å². The van der Waals surface area contributed by atoms with Crippen LogP contribution in [0.4, 0.5) is 0 Å². The monoisotopic (exact) mass is 332 g/mol. The van der Waals surface area contributed by atoms with E-state index in [4.69, 9.17) is 5.11 Å².